The van der Waals surface area contributed by atoms with E-state index < -0.39 is 191 Å². The minimum Gasteiger partial charge on any atom is -0.460 e. The van der Waals surface area contributed by atoms with Crippen LogP contribution in [0.3, 0.4) is 0 Å². The highest BCUT2D eigenvalue weighted by molar-refractivity contribution is 5.81. The van der Waals surface area contributed by atoms with Crippen molar-refractivity contribution in [3.63, 3.8) is 0 Å². The Kier molecular flexibility index (Phi) is 19.3. The fraction of sp³-hybridized carbons (Fsp3) is 0.940. The maximum atomic E-state index is 12.8. The number of allylic oxidation sites excluding steroid dienone is 1. The van der Waals surface area contributed by atoms with Gasteiger partial charge < -0.3 is 119 Å². The molecule has 4 aliphatic carbocycles. The highest BCUT2D eigenvalue weighted by Gasteiger charge is 2.63. The first-order chi connectivity index (χ1) is 35.8. The molecule has 0 bridgehead atoms. The van der Waals surface area contributed by atoms with Crippen LogP contribution in [-0.4, -0.2) is 268 Å². The van der Waals surface area contributed by atoms with Gasteiger partial charge in [0.25, 0.3) is 0 Å². The summed E-state index contributed by atoms with van der Waals surface area (Å²) in [5.41, 5.74) is 0. The van der Waals surface area contributed by atoms with Crippen LogP contribution in [0.5, 0.6) is 0 Å². The normalized spacial score (nSPS) is 52.8. The monoisotopic (exact) mass is 1080 g/mol. The van der Waals surface area contributed by atoms with E-state index >= 15 is 0 Å². The summed E-state index contributed by atoms with van der Waals surface area (Å²) in [7, 11) is 1.49. The van der Waals surface area contributed by atoms with Gasteiger partial charge in [-0.25, -0.2) is 4.79 Å². The van der Waals surface area contributed by atoms with Crippen LogP contribution in [0, 0.1) is 29.6 Å². The quantitative estimate of drug-likeness (QED) is 0.0439. The Morgan fingerprint density at radius 1 is 0.560 bits per heavy atom. The first-order valence-electron chi connectivity index (χ1n) is 26.9. The zero-order chi connectivity index (χ0) is 53.6. The van der Waals surface area contributed by atoms with Crippen molar-refractivity contribution in [2.45, 2.75) is 236 Å². The van der Waals surface area contributed by atoms with Gasteiger partial charge in [0.1, 0.15) is 79.9 Å². The first kappa shape index (κ1) is 58.0. The molecule has 75 heavy (non-hydrogen) atoms. The summed E-state index contributed by atoms with van der Waals surface area (Å²) in [4.78, 5) is 12.8. The van der Waals surface area contributed by atoms with Gasteiger partial charge >= 0.3 is 5.97 Å². The number of hydrogen-bond acceptors (Lipinski definition) is 24. The van der Waals surface area contributed by atoms with Crippen LogP contribution in [0.25, 0.3) is 0 Å². The number of methoxy groups -OCH3 is 1. The molecule has 31 atom stereocenters. The minimum atomic E-state index is -1.94. The summed E-state index contributed by atoms with van der Waals surface area (Å²) >= 11 is 0. The van der Waals surface area contributed by atoms with Gasteiger partial charge in [-0.2, -0.15) is 0 Å². The smallest absolute Gasteiger partial charge is 0.330 e. The maximum Gasteiger partial charge on any atom is 0.330 e. The van der Waals surface area contributed by atoms with Crippen molar-refractivity contribution in [1.82, 2.24) is 0 Å². The van der Waals surface area contributed by atoms with E-state index in [2.05, 4.69) is 0 Å². The van der Waals surface area contributed by atoms with Gasteiger partial charge in [-0.15, -0.1) is 0 Å². The molecule has 5 aliphatic heterocycles. The summed E-state index contributed by atoms with van der Waals surface area (Å²) in [6.45, 7) is -1.74. The van der Waals surface area contributed by atoms with Gasteiger partial charge in [0.05, 0.1) is 74.1 Å². The maximum absolute atomic E-state index is 12.8. The van der Waals surface area contributed by atoms with Crippen LogP contribution in [0.15, 0.2) is 12.2 Å². The molecule has 0 radical (unpaired) electrons. The van der Waals surface area contributed by atoms with Crippen LogP contribution >= 0.6 is 0 Å². The SMILES string of the molecule is COC1CC(C=CC(=O)OC[C@H]2O[C@@H](OC[C@H]3O[C@@H](OC4C5CC(C6CCC(O)C(O)C6)OC6CC(O)CC([OH+]C4C4CCC(O)C(O)C4)C65)[C@H](O[C@@H]4OC[C@@H](O)[C@H](O)[C@H]4O)[C@@H](O)[C@H]3O)[C@H](O)[C@@H](O)[C@@H]2O)CCC1O. The molecule has 9 fully saturated rings. The molecule has 17 unspecified atom stereocenters. The number of aliphatic hydroxyl groups excluding tert-OH is 14. The molecule has 0 spiro atoms. The molecule has 9 aliphatic rings. The molecule has 430 valence electrons. The Bertz CT molecular complexity index is 1860. The molecule has 0 aromatic rings. The summed E-state index contributed by atoms with van der Waals surface area (Å²) in [6.07, 6.45) is -25.7. The second-order valence-corrected chi connectivity index (χ2v) is 22.7. The first-order valence-corrected chi connectivity index (χ1v) is 26.9. The van der Waals surface area contributed by atoms with Gasteiger partial charge in [-0.1, -0.05) is 6.08 Å². The summed E-state index contributed by atoms with van der Waals surface area (Å²) < 4.78 is 59.8. The Balaban J connectivity index is 0.958. The van der Waals surface area contributed by atoms with Crippen molar-refractivity contribution in [2.24, 2.45) is 29.6 Å². The lowest BCUT2D eigenvalue weighted by molar-refractivity contribution is -0.399. The predicted molar refractivity (Wildman–Crippen MR) is 249 cm³/mol. The molecule has 5 heterocycles. The number of esters is 1. The lowest BCUT2D eigenvalue weighted by Gasteiger charge is -2.57. The molecule has 15 N–H and O–H groups in total. The molecule has 4 saturated carbocycles. The van der Waals surface area contributed by atoms with Gasteiger partial charge in [-0.05, 0) is 76.0 Å². The summed E-state index contributed by atoms with van der Waals surface area (Å²) in [5, 5.41) is 153. The number of carbonyl (C=O) groups is 1. The largest absolute Gasteiger partial charge is 0.460 e. The van der Waals surface area contributed by atoms with Crippen LogP contribution in [0.1, 0.15) is 77.0 Å². The fourth-order valence-electron chi connectivity index (χ4n) is 13.4. The van der Waals surface area contributed by atoms with Crippen molar-refractivity contribution < 1.29 is 124 Å². The van der Waals surface area contributed by atoms with E-state index in [9.17, 15) is 76.3 Å². The highest BCUT2D eigenvalue weighted by atomic mass is 16.8. The second kappa shape index (κ2) is 25.0. The van der Waals surface area contributed by atoms with E-state index in [1.807, 2.05) is 0 Å². The van der Waals surface area contributed by atoms with Crippen molar-refractivity contribution in [2.75, 3.05) is 26.9 Å². The zero-order valence-electron chi connectivity index (χ0n) is 41.9. The molecular formula is C50H81O25+. The Labute approximate surface area is 433 Å². The average molecular weight is 1080 g/mol. The van der Waals surface area contributed by atoms with E-state index in [0.717, 1.165) is 0 Å². The average Bonchev–Trinajstić information content (AvgIpc) is 3.40. The van der Waals surface area contributed by atoms with Gasteiger partial charge in [-0.3, -0.25) is 0 Å². The second-order valence-electron chi connectivity index (χ2n) is 22.7. The number of rotatable bonds is 14. The van der Waals surface area contributed by atoms with Crippen molar-refractivity contribution >= 4 is 5.97 Å². The van der Waals surface area contributed by atoms with E-state index in [0.29, 0.717) is 51.4 Å². The van der Waals surface area contributed by atoms with E-state index in [4.69, 9.17) is 47.4 Å². The van der Waals surface area contributed by atoms with Crippen LogP contribution < -0.4 is 0 Å². The number of carbonyl (C=O) groups excluding carboxylic acids is 1. The molecule has 0 aromatic heterocycles. The molecule has 0 amide bonds. The summed E-state index contributed by atoms with van der Waals surface area (Å²) in [5.74, 6) is -2.20. The van der Waals surface area contributed by atoms with Gasteiger partial charge in [0.2, 0.25) is 0 Å². The van der Waals surface area contributed by atoms with Crippen LogP contribution in [-0.2, 0) is 47.4 Å². The lowest BCUT2D eigenvalue weighted by atomic mass is 9.63. The van der Waals surface area contributed by atoms with Crippen molar-refractivity contribution in [1.29, 1.82) is 0 Å². The van der Waals surface area contributed by atoms with Crippen LogP contribution in [0.2, 0.25) is 0 Å². The van der Waals surface area contributed by atoms with Crippen molar-refractivity contribution in [3.8, 4) is 0 Å². The Hall–Kier alpha value is -1.71. The Morgan fingerprint density at radius 3 is 1.92 bits per heavy atom. The van der Waals surface area contributed by atoms with Gasteiger partial charge in [0.15, 0.2) is 31.1 Å². The minimum absolute atomic E-state index is 0.0755. The lowest BCUT2D eigenvalue weighted by Crippen LogP contribution is -2.68. The van der Waals surface area contributed by atoms with E-state index in [1.54, 1.807) is 6.08 Å². The number of ether oxygens (including phenoxy) is 10. The number of hydrogen-bond donors (Lipinski definition) is 14. The predicted octanol–water partition coefficient (Wildman–Crippen LogP) is -5.39. The van der Waals surface area contributed by atoms with Crippen LogP contribution in [0.4, 0.5) is 0 Å². The molecule has 25 nitrogen and oxygen atoms in total. The Morgan fingerprint density at radius 2 is 1.20 bits per heavy atom. The number of aliphatic hydroxyl groups is 16. The summed E-state index contributed by atoms with van der Waals surface area (Å²) in [6, 6.07) is 0. The zero-order valence-corrected chi connectivity index (χ0v) is 41.9. The third-order valence-electron chi connectivity index (χ3n) is 17.8. The third kappa shape index (κ3) is 12.8. The molecule has 25 heteroatoms. The van der Waals surface area contributed by atoms with E-state index in [-0.39, 0.29) is 49.4 Å². The molecule has 9 rings (SSSR count). The molecular weight excluding hydrogens is 1000 g/mol. The van der Waals surface area contributed by atoms with E-state index in [1.165, 1.54) is 13.2 Å². The standard InChI is InChI=1S/C50H80O25/c1-66-31-10-19(2-6-26(31)54)3-9-36(58)67-17-34-39(60)41(62)44(65)48(72-34)69-18-35-40(61)42(63)47(75-49-43(64)38(59)29(57)16-68-49)50(73-35)74-46-23-15-30(20-4-7-24(52)27(55)11-20)70-32-13-22(51)14-33(37(23)32)71-45(46)21-5-8-25(53)28(56)12-21/h3,9,19-35,37-57,59-65H,2,4-8,10-18H2,1H3/p+1/t19?,20?,21?,22?,23?,24?,25?,26?,27?,28?,29-,30?,31?,32?,33?,34-,35-,37?,38+,39-,40+,41+,42+,43-,44-,45?,46?,47-,48-,49+,50+/m1/s1. The fourth-order valence-corrected chi connectivity index (χ4v) is 13.4. The van der Waals surface area contributed by atoms with Crippen molar-refractivity contribution in [3.05, 3.63) is 12.2 Å². The topological polar surface area (TPSA) is 396 Å². The highest BCUT2D eigenvalue weighted by Crippen LogP contribution is 2.52. The molecule has 0 aromatic carbocycles. The van der Waals surface area contributed by atoms with Gasteiger partial charge in [0, 0.05) is 37.9 Å². The third-order valence-corrected chi connectivity index (χ3v) is 17.8. The molecule has 5 saturated heterocycles.